The molecule has 0 bridgehead atoms. The maximum atomic E-state index is 10.6. The van der Waals surface area contributed by atoms with Gasteiger partial charge in [-0.15, -0.1) is 0 Å². The van der Waals surface area contributed by atoms with Gasteiger partial charge in [0.15, 0.2) is 5.75 Å². The standard InChI is InChI=1S/C9H12N2O4/c1-2-5-14-9-6-7(15-10)3-4-8(9)11(12)13/h3-4,6H,2,5,10H2,1H3. The average Bonchev–Trinajstić information content (AvgIpc) is 2.25. The highest BCUT2D eigenvalue weighted by atomic mass is 16.6. The normalized spacial score (nSPS) is 9.73. The second-order valence-electron chi connectivity index (χ2n) is 2.85. The van der Waals surface area contributed by atoms with Crippen molar-refractivity contribution in [1.82, 2.24) is 0 Å². The molecule has 6 nitrogen and oxygen atoms in total. The minimum atomic E-state index is -0.509. The molecule has 6 heteroatoms. The molecule has 0 aromatic heterocycles. The fraction of sp³-hybridized carbons (Fsp3) is 0.333. The Kier molecular flexibility index (Phi) is 3.87. The Labute approximate surface area is 86.7 Å². The van der Waals surface area contributed by atoms with E-state index in [9.17, 15) is 10.1 Å². The van der Waals surface area contributed by atoms with Gasteiger partial charge in [-0.05, 0) is 12.5 Å². The van der Waals surface area contributed by atoms with Gasteiger partial charge in [0.05, 0.1) is 11.5 Å². The van der Waals surface area contributed by atoms with Crippen LogP contribution in [0.4, 0.5) is 5.69 Å². The van der Waals surface area contributed by atoms with Crippen LogP contribution >= 0.6 is 0 Å². The highest BCUT2D eigenvalue weighted by molar-refractivity contribution is 5.50. The van der Waals surface area contributed by atoms with Crippen LogP contribution in [0.3, 0.4) is 0 Å². The number of hydrogen-bond donors (Lipinski definition) is 1. The first-order valence-corrected chi connectivity index (χ1v) is 4.47. The molecule has 0 unspecified atom stereocenters. The van der Waals surface area contributed by atoms with Gasteiger partial charge in [0.2, 0.25) is 5.75 Å². The van der Waals surface area contributed by atoms with E-state index in [0.717, 1.165) is 6.42 Å². The Morgan fingerprint density at radius 2 is 2.27 bits per heavy atom. The molecular weight excluding hydrogens is 200 g/mol. The number of hydrogen-bond acceptors (Lipinski definition) is 5. The lowest BCUT2D eigenvalue weighted by atomic mass is 10.3. The molecule has 0 fully saturated rings. The van der Waals surface area contributed by atoms with Crippen LogP contribution in [0, 0.1) is 10.1 Å². The van der Waals surface area contributed by atoms with Gasteiger partial charge in [0.1, 0.15) is 0 Å². The molecule has 0 spiro atoms. The van der Waals surface area contributed by atoms with Crippen molar-refractivity contribution in [2.45, 2.75) is 13.3 Å². The van der Waals surface area contributed by atoms with E-state index >= 15 is 0 Å². The predicted molar refractivity (Wildman–Crippen MR) is 53.7 cm³/mol. The molecule has 82 valence electrons. The summed E-state index contributed by atoms with van der Waals surface area (Å²) >= 11 is 0. The number of nitrogens with zero attached hydrogens (tertiary/aromatic N) is 1. The van der Waals surface area contributed by atoms with Gasteiger partial charge in [-0.3, -0.25) is 10.1 Å². The highest BCUT2D eigenvalue weighted by Gasteiger charge is 2.15. The van der Waals surface area contributed by atoms with Crippen LogP contribution in [0.1, 0.15) is 13.3 Å². The average molecular weight is 212 g/mol. The zero-order valence-electron chi connectivity index (χ0n) is 8.30. The van der Waals surface area contributed by atoms with Gasteiger partial charge in [0.25, 0.3) is 0 Å². The van der Waals surface area contributed by atoms with Crippen molar-refractivity contribution in [3.05, 3.63) is 28.3 Å². The van der Waals surface area contributed by atoms with Gasteiger partial charge in [-0.1, -0.05) is 6.92 Å². The third-order valence-electron chi connectivity index (χ3n) is 1.73. The van der Waals surface area contributed by atoms with E-state index < -0.39 is 4.92 Å². The van der Waals surface area contributed by atoms with Crippen molar-refractivity contribution in [2.24, 2.45) is 5.90 Å². The maximum Gasteiger partial charge on any atom is 0.311 e. The van der Waals surface area contributed by atoms with Crippen molar-refractivity contribution in [3.63, 3.8) is 0 Å². The number of benzene rings is 1. The van der Waals surface area contributed by atoms with Crippen LogP contribution < -0.4 is 15.5 Å². The fourth-order valence-electron chi connectivity index (χ4n) is 1.05. The lowest BCUT2D eigenvalue weighted by Crippen LogP contribution is -2.04. The molecular formula is C9H12N2O4. The third-order valence-corrected chi connectivity index (χ3v) is 1.73. The molecule has 0 heterocycles. The summed E-state index contributed by atoms with van der Waals surface area (Å²) in [4.78, 5) is 14.6. The van der Waals surface area contributed by atoms with E-state index in [1.807, 2.05) is 6.92 Å². The van der Waals surface area contributed by atoms with Crippen LogP contribution in [-0.4, -0.2) is 11.5 Å². The van der Waals surface area contributed by atoms with Gasteiger partial charge in [-0.2, -0.15) is 5.90 Å². The monoisotopic (exact) mass is 212 g/mol. The summed E-state index contributed by atoms with van der Waals surface area (Å²) in [5.41, 5.74) is -0.0933. The zero-order chi connectivity index (χ0) is 11.3. The van der Waals surface area contributed by atoms with Crippen molar-refractivity contribution in [1.29, 1.82) is 0 Å². The SMILES string of the molecule is CCCOc1cc(ON)ccc1[N+](=O)[O-]. The summed E-state index contributed by atoms with van der Waals surface area (Å²) in [7, 11) is 0. The summed E-state index contributed by atoms with van der Waals surface area (Å²) in [5, 5.41) is 10.6. The van der Waals surface area contributed by atoms with E-state index in [4.69, 9.17) is 10.6 Å². The highest BCUT2D eigenvalue weighted by Crippen LogP contribution is 2.30. The van der Waals surface area contributed by atoms with Crippen LogP contribution in [0.2, 0.25) is 0 Å². The summed E-state index contributed by atoms with van der Waals surface area (Å²) in [6.45, 7) is 2.32. The maximum absolute atomic E-state index is 10.6. The molecule has 0 aliphatic heterocycles. The summed E-state index contributed by atoms with van der Waals surface area (Å²) in [6.07, 6.45) is 0.769. The quantitative estimate of drug-likeness (QED) is 0.592. The van der Waals surface area contributed by atoms with Crippen LogP contribution in [0.5, 0.6) is 11.5 Å². The number of nitro groups is 1. The number of nitrogens with two attached hydrogens (primary N) is 1. The van der Waals surface area contributed by atoms with Crippen molar-refractivity contribution < 1.29 is 14.5 Å². The van der Waals surface area contributed by atoms with E-state index in [1.165, 1.54) is 18.2 Å². The third kappa shape index (κ3) is 2.81. The molecule has 0 aliphatic carbocycles. The second kappa shape index (κ2) is 5.16. The van der Waals surface area contributed by atoms with Gasteiger partial charge in [-0.25, -0.2) is 0 Å². The van der Waals surface area contributed by atoms with Crippen molar-refractivity contribution >= 4 is 5.69 Å². The summed E-state index contributed by atoms with van der Waals surface area (Å²) < 4.78 is 5.21. The first kappa shape index (κ1) is 11.3. The van der Waals surface area contributed by atoms with Crippen LogP contribution in [-0.2, 0) is 0 Å². The Hall–Kier alpha value is -1.82. The van der Waals surface area contributed by atoms with E-state index in [1.54, 1.807) is 0 Å². The Morgan fingerprint density at radius 1 is 1.53 bits per heavy atom. The van der Waals surface area contributed by atoms with Gasteiger partial charge in [0, 0.05) is 12.1 Å². The summed E-state index contributed by atoms with van der Waals surface area (Å²) in [5.74, 6) is 5.44. The number of ether oxygens (including phenoxy) is 1. The minimum Gasteiger partial charge on any atom is -0.487 e. The molecule has 0 aliphatic rings. The molecule has 1 aromatic carbocycles. The molecule has 0 radical (unpaired) electrons. The molecule has 1 rings (SSSR count). The van der Waals surface area contributed by atoms with Gasteiger partial charge >= 0.3 is 5.69 Å². The lowest BCUT2D eigenvalue weighted by molar-refractivity contribution is -0.385. The molecule has 0 saturated carbocycles. The largest absolute Gasteiger partial charge is 0.487 e. The number of rotatable bonds is 5. The minimum absolute atomic E-state index is 0.0933. The molecule has 15 heavy (non-hydrogen) atoms. The molecule has 0 amide bonds. The Bertz CT molecular complexity index is 354. The molecule has 0 saturated heterocycles. The first-order valence-electron chi connectivity index (χ1n) is 4.47. The topological polar surface area (TPSA) is 87.6 Å². The molecule has 1 aromatic rings. The molecule has 2 N–H and O–H groups in total. The van der Waals surface area contributed by atoms with E-state index in [-0.39, 0.29) is 11.4 Å². The molecule has 0 atom stereocenters. The lowest BCUT2D eigenvalue weighted by Gasteiger charge is -2.06. The Morgan fingerprint density at radius 3 is 2.80 bits per heavy atom. The van der Waals surface area contributed by atoms with Crippen LogP contribution in [0.15, 0.2) is 18.2 Å². The van der Waals surface area contributed by atoms with Gasteiger partial charge < -0.3 is 9.57 Å². The predicted octanol–water partition coefficient (Wildman–Crippen LogP) is 1.64. The Balaban J connectivity index is 2.99. The first-order chi connectivity index (χ1) is 7.19. The fourth-order valence-corrected chi connectivity index (χ4v) is 1.05. The van der Waals surface area contributed by atoms with E-state index in [0.29, 0.717) is 12.4 Å². The van der Waals surface area contributed by atoms with Crippen molar-refractivity contribution in [3.8, 4) is 11.5 Å². The van der Waals surface area contributed by atoms with Crippen molar-refractivity contribution in [2.75, 3.05) is 6.61 Å². The summed E-state index contributed by atoms with van der Waals surface area (Å²) in [6, 6.07) is 4.11. The smallest absolute Gasteiger partial charge is 0.311 e. The number of nitro benzene ring substituents is 1. The van der Waals surface area contributed by atoms with E-state index in [2.05, 4.69) is 4.84 Å². The van der Waals surface area contributed by atoms with Crippen LogP contribution in [0.25, 0.3) is 0 Å². The second-order valence-corrected chi connectivity index (χ2v) is 2.85. The zero-order valence-corrected chi connectivity index (χ0v) is 8.30.